The number of rotatable bonds is 3. The number of hydrogen-bond acceptors (Lipinski definition) is 3. The van der Waals surface area contributed by atoms with Gasteiger partial charge < -0.3 is 10.3 Å². The van der Waals surface area contributed by atoms with Crippen molar-refractivity contribution in [3.8, 4) is 0 Å². The molecule has 0 saturated heterocycles. The first-order valence-electron chi connectivity index (χ1n) is 4.73. The Morgan fingerprint density at radius 3 is 2.46 bits per heavy atom. The smallest absolute Gasteiger partial charge is 0.150 e. The van der Waals surface area contributed by atoms with Gasteiger partial charge in [-0.05, 0) is 19.8 Å². The summed E-state index contributed by atoms with van der Waals surface area (Å²) in [7, 11) is 0. The van der Waals surface area contributed by atoms with Crippen molar-refractivity contribution in [2.75, 3.05) is 0 Å². The SMILES string of the molecule is CCn1c(C)nnc1[C@@H](N)C(C)C. The molecule has 0 aliphatic heterocycles. The fourth-order valence-corrected chi connectivity index (χ4v) is 1.33. The van der Waals surface area contributed by atoms with Gasteiger partial charge in [0.25, 0.3) is 0 Å². The molecule has 0 spiro atoms. The van der Waals surface area contributed by atoms with Crippen LogP contribution >= 0.6 is 0 Å². The standard InChI is InChI=1S/C9H18N4/c1-5-13-7(4)11-12-9(13)8(10)6(2)3/h6,8H,5,10H2,1-4H3/t8-/m0/s1. The first-order chi connectivity index (χ1) is 6.07. The van der Waals surface area contributed by atoms with Crippen LogP contribution in [0.15, 0.2) is 0 Å². The van der Waals surface area contributed by atoms with Crippen LogP contribution in [-0.4, -0.2) is 14.8 Å². The third-order valence-electron chi connectivity index (χ3n) is 2.30. The fraction of sp³-hybridized carbons (Fsp3) is 0.778. The lowest BCUT2D eigenvalue weighted by molar-refractivity contribution is 0.467. The molecule has 2 N–H and O–H groups in total. The summed E-state index contributed by atoms with van der Waals surface area (Å²) in [5, 5.41) is 8.12. The van der Waals surface area contributed by atoms with E-state index in [1.54, 1.807) is 0 Å². The van der Waals surface area contributed by atoms with Gasteiger partial charge in [-0.3, -0.25) is 0 Å². The summed E-state index contributed by atoms with van der Waals surface area (Å²) < 4.78 is 2.06. The van der Waals surface area contributed by atoms with Crippen molar-refractivity contribution in [3.63, 3.8) is 0 Å². The second-order valence-electron chi connectivity index (χ2n) is 3.62. The van der Waals surface area contributed by atoms with E-state index >= 15 is 0 Å². The number of nitrogens with zero attached hydrogens (tertiary/aromatic N) is 3. The molecule has 4 nitrogen and oxygen atoms in total. The highest BCUT2D eigenvalue weighted by Gasteiger charge is 2.17. The Morgan fingerprint density at radius 2 is 2.00 bits per heavy atom. The molecule has 0 radical (unpaired) electrons. The molecular weight excluding hydrogens is 164 g/mol. The molecule has 0 saturated carbocycles. The summed E-state index contributed by atoms with van der Waals surface area (Å²) in [6.07, 6.45) is 0. The van der Waals surface area contributed by atoms with E-state index in [-0.39, 0.29) is 6.04 Å². The van der Waals surface area contributed by atoms with Gasteiger partial charge in [-0.1, -0.05) is 13.8 Å². The van der Waals surface area contributed by atoms with E-state index in [0.29, 0.717) is 5.92 Å². The first kappa shape index (κ1) is 10.2. The van der Waals surface area contributed by atoms with Crippen molar-refractivity contribution in [1.29, 1.82) is 0 Å². The Morgan fingerprint density at radius 1 is 1.38 bits per heavy atom. The molecule has 0 fully saturated rings. The van der Waals surface area contributed by atoms with Gasteiger partial charge in [0.2, 0.25) is 0 Å². The molecule has 0 bridgehead atoms. The molecule has 0 amide bonds. The van der Waals surface area contributed by atoms with Crippen LogP contribution in [0.25, 0.3) is 0 Å². The van der Waals surface area contributed by atoms with Crippen molar-refractivity contribution < 1.29 is 0 Å². The minimum atomic E-state index is -0.0128. The molecule has 1 aromatic rings. The third-order valence-corrected chi connectivity index (χ3v) is 2.30. The highest BCUT2D eigenvalue weighted by molar-refractivity contribution is 5.00. The van der Waals surface area contributed by atoms with Gasteiger partial charge in [-0.15, -0.1) is 10.2 Å². The molecule has 74 valence electrons. The number of hydrogen-bond donors (Lipinski definition) is 1. The van der Waals surface area contributed by atoms with E-state index in [1.807, 2.05) is 6.92 Å². The van der Waals surface area contributed by atoms with E-state index in [0.717, 1.165) is 18.2 Å². The zero-order valence-corrected chi connectivity index (χ0v) is 8.78. The molecule has 4 heteroatoms. The van der Waals surface area contributed by atoms with Crippen molar-refractivity contribution in [3.05, 3.63) is 11.6 Å². The molecular formula is C9H18N4. The summed E-state index contributed by atoms with van der Waals surface area (Å²) >= 11 is 0. The predicted octanol–water partition coefficient (Wildman–Crippen LogP) is 1.26. The maximum absolute atomic E-state index is 6.00. The highest BCUT2D eigenvalue weighted by atomic mass is 15.3. The van der Waals surface area contributed by atoms with Gasteiger partial charge in [0, 0.05) is 6.54 Å². The number of aryl methyl sites for hydroxylation is 1. The Labute approximate surface area is 79.2 Å². The van der Waals surface area contributed by atoms with Crippen LogP contribution in [-0.2, 0) is 6.54 Å². The van der Waals surface area contributed by atoms with Gasteiger partial charge in [0.1, 0.15) is 11.6 Å². The zero-order chi connectivity index (χ0) is 10.0. The van der Waals surface area contributed by atoms with E-state index in [4.69, 9.17) is 5.73 Å². The van der Waals surface area contributed by atoms with Crippen molar-refractivity contribution in [1.82, 2.24) is 14.8 Å². The third kappa shape index (κ3) is 1.88. The lowest BCUT2D eigenvalue weighted by atomic mass is 10.1. The summed E-state index contributed by atoms with van der Waals surface area (Å²) in [6, 6.07) is -0.0128. The van der Waals surface area contributed by atoms with Crippen LogP contribution in [0.5, 0.6) is 0 Å². The Hall–Kier alpha value is -0.900. The maximum Gasteiger partial charge on any atom is 0.150 e. The van der Waals surface area contributed by atoms with Crippen molar-refractivity contribution >= 4 is 0 Å². The lowest BCUT2D eigenvalue weighted by Gasteiger charge is -2.15. The topological polar surface area (TPSA) is 56.7 Å². The van der Waals surface area contributed by atoms with Crippen LogP contribution in [0.3, 0.4) is 0 Å². The van der Waals surface area contributed by atoms with Gasteiger partial charge in [-0.25, -0.2) is 0 Å². The second-order valence-corrected chi connectivity index (χ2v) is 3.62. The van der Waals surface area contributed by atoms with Crippen LogP contribution in [0.4, 0.5) is 0 Å². The molecule has 0 aliphatic carbocycles. The van der Waals surface area contributed by atoms with Gasteiger partial charge >= 0.3 is 0 Å². The highest BCUT2D eigenvalue weighted by Crippen LogP contribution is 2.17. The van der Waals surface area contributed by atoms with Crippen LogP contribution < -0.4 is 5.73 Å². The Kier molecular flexibility index (Phi) is 3.03. The van der Waals surface area contributed by atoms with Gasteiger partial charge in [-0.2, -0.15) is 0 Å². The molecule has 1 aromatic heterocycles. The summed E-state index contributed by atoms with van der Waals surface area (Å²) in [6.45, 7) is 9.10. The molecule has 0 aromatic carbocycles. The molecule has 1 atom stereocenters. The summed E-state index contributed by atoms with van der Waals surface area (Å²) in [5.74, 6) is 2.23. The first-order valence-corrected chi connectivity index (χ1v) is 4.73. The zero-order valence-electron chi connectivity index (χ0n) is 8.78. The van der Waals surface area contributed by atoms with Crippen LogP contribution in [0.2, 0.25) is 0 Å². The van der Waals surface area contributed by atoms with Crippen molar-refractivity contribution in [2.24, 2.45) is 11.7 Å². The number of nitrogens with two attached hydrogens (primary N) is 1. The molecule has 0 unspecified atom stereocenters. The van der Waals surface area contributed by atoms with E-state index in [2.05, 4.69) is 35.5 Å². The van der Waals surface area contributed by atoms with E-state index in [1.165, 1.54) is 0 Å². The Bertz CT molecular complexity index is 277. The van der Waals surface area contributed by atoms with Crippen molar-refractivity contribution in [2.45, 2.75) is 40.3 Å². The van der Waals surface area contributed by atoms with Crippen LogP contribution in [0, 0.1) is 12.8 Å². The molecule has 1 heterocycles. The largest absolute Gasteiger partial charge is 0.321 e. The lowest BCUT2D eigenvalue weighted by Crippen LogP contribution is -2.21. The minimum Gasteiger partial charge on any atom is -0.321 e. The average molecular weight is 182 g/mol. The molecule has 13 heavy (non-hydrogen) atoms. The molecule has 0 aliphatic rings. The fourth-order valence-electron chi connectivity index (χ4n) is 1.33. The Balaban J connectivity index is 3.00. The molecule has 1 rings (SSSR count). The maximum atomic E-state index is 6.00. The summed E-state index contributed by atoms with van der Waals surface area (Å²) in [4.78, 5) is 0. The number of aromatic nitrogens is 3. The summed E-state index contributed by atoms with van der Waals surface area (Å²) in [5.41, 5.74) is 6.00. The predicted molar refractivity (Wildman–Crippen MR) is 52.2 cm³/mol. The quantitative estimate of drug-likeness (QED) is 0.765. The van der Waals surface area contributed by atoms with Gasteiger partial charge in [0.15, 0.2) is 0 Å². The monoisotopic (exact) mass is 182 g/mol. The normalized spacial score (nSPS) is 13.7. The van der Waals surface area contributed by atoms with E-state index < -0.39 is 0 Å². The van der Waals surface area contributed by atoms with Crippen LogP contribution in [0.1, 0.15) is 38.5 Å². The average Bonchev–Trinajstić information content (AvgIpc) is 2.45. The van der Waals surface area contributed by atoms with E-state index in [9.17, 15) is 0 Å². The van der Waals surface area contributed by atoms with Gasteiger partial charge in [0.05, 0.1) is 6.04 Å². The second kappa shape index (κ2) is 3.87. The minimum absolute atomic E-state index is 0.0128.